The number of hydrogen-bond acceptors (Lipinski definition) is 7. The maximum Gasteiger partial charge on any atom is 0.209 e. The number of fused-ring (bicyclic) bond motifs is 2. The van der Waals surface area contributed by atoms with E-state index in [1.54, 1.807) is 30.6 Å². The van der Waals surface area contributed by atoms with Crippen LogP contribution in [0.1, 0.15) is 5.56 Å². The number of H-pyrrole nitrogens is 2. The molecule has 38 heavy (non-hydrogen) atoms. The van der Waals surface area contributed by atoms with E-state index in [1.807, 2.05) is 18.2 Å². The Morgan fingerprint density at radius 1 is 1.03 bits per heavy atom. The van der Waals surface area contributed by atoms with Crippen molar-refractivity contribution in [3.63, 3.8) is 0 Å². The third-order valence-corrected chi connectivity index (χ3v) is 6.70. The van der Waals surface area contributed by atoms with Crippen LogP contribution in [0, 0.1) is 5.82 Å². The first-order valence-electron chi connectivity index (χ1n) is 11.5. The fourth-order valence-corrected chi connectivity index (χ4v) is 4.77. The fourth-order valence-electron chi connectivity index (χ4n) is 4.34. The van der Waals surface area contributed by atoms with E-state index in [0.29, 0.717) is 39.4 Å². The SMILES string of the molecule is CS(=O)(=O)NCc1cc(F)cc(-c2ccnc3[nH]c(-c4n[nH]c5ccc(-c6cncc(O)c6)cc45)nc23)c1. The Balaban J connectivity index is 1.43. The van der Waals surface area contributed by atoms with Crippen molar-refractivity contribution in [1.82, 2.24) is 34.9 Å². The topological polar surface area (TPSA) is 150 Å². The highest BCUT2D eigenvalue weighted by molar-refractivity contribution is 7.88. The zero-order valence-electron chi connectivity index (χ0n) is 19.9. The smallest absolute Gasteiger partial charge is 0.209 e. The maximum atomic E-state index is 14.5. The highest BCUT2D eigenvalue weighted by atomic mass is 32.2. The van der Waals surface area contributed by atoms with E-state index in [1.165, 1.54) is 18.3 Å². The van der Waals surface area contributed by atoms with Gasteiger partial charge in [0.15, 0.2) is 11.5 Å². The minimum atomic E-state index is -3.44. The van der Waals surface area contributed by atoms with E-state index < -0.39 is 15.8 Å². The molecule has 0 fully saturated rings. The lowest BCUT2D eigenvalue weighted by molar-refractivity contribution is 0.473. The highest BCUT2D eigenvalue weighted by Gasteiger charge is 2.17. The number of pyridine rings is 2. The lowest BCUT2D eigenvalue weighted by Gasteiger charge is -2.07. The van der Waals surface area contributed by atoms with Crippen LogP contribution in [0.2, 0.25) is 0 Å². The quantitative estimate of drug-likeness (QED) is 0.253. The van der Waals surface area contributed by atoms with Gasteiger partial charge in [0.05, 0.1) is 18.0 Å². The molecule has 4 aromatic heterocycles. The van der Waals surface area contributed by atoms with E-state index in [2.05, 4.69) is 29.9 Å². The molecule has 0 unspecified atom stereocenters. The Morgan fingerprint density at radius 3 is 2.71 bits per heavy atom. The third kappa shape index (κ3) is 4.58. The predicted octanol–water partition coefficient (Wildman–Crippen LogP) is 4.12. The standard InChI is InChI=1S/C26H20FN7O3S/c1-38(36,37)30-11-14-6-16(8-18(27)7-14)20-4-5-29-25-23(20)31-26(32-25)24-21-10-15(2-3-22(21)33-34-24)17-9-19(35)13-28-12-17/h2-10,12-13,30,35H,11H2,1H3,(H,33,34)(H,29,31,32). The summed E-state index contributed by atoms with van der Waals surface area (Å²) in [6, 6.07) is 13.4. The number of aromatic amines is 2. The van der Waals surface area contributed by atoms with Crippen molar-refractivity contribution in [1.29, 1.82) is 0 Å². The molecule has 12 heteroatoms. The number of halogens is 1. The molecule has 0 aliphatic heterocycles. The average molecular weight is 530 g/mol. The summed E-state index contributed by atoms with van der Waals surface area (Å²) in [4.78, 5) is 16.4. The molecule has 0 amide bonds. The second-order valence-corrected chi connectivity index (χ2v) is 10.7. The lowest BCUT2D eigenvalue weighted by atomic mass is 10.0. The van der Waals surface area contributed by atoms with E-state index in [4.69, 9.17) is 4.98 Å². The van der Waals surface area contributed by atoms with Crippen LogP contribution in [0.3, 0.4) is 0 Å². The molecule has 0 aliphatic rings. The first-order valence-corrected chi connectivity index (χ1v) is 13.3. The van der Waals surface area contributed by atoms with Gasteiger partial charge in [0.25, 0.3) is 0 Å². The number of hydrogen-bond donors (Lipinski definition) is 4. The molecule has 0 bridgehead atoms. The molecule has 0 saturated carbocycles. The third-order valence-electron chi connectivity index (χ3n) is 6.04. The summed E-state index contributed by atoms with van der Waals surface area (Å²) in [5.74, 6) is 0.0343. The predicted molar refractivity (Wildman–Crippen MR) is 141 cm³/mol. The van der Waals surface area contributed by atoms with E-state index in [9.17, 15) is 17.9 Å². The number of imidazole rings is 1. The van der Waals surface area contributed by atoms with Crippen molar-refractivity contribution in [3.05, 3.63) is 78.5 Å². The molecule has 4 N–H and O–H groups in total. The summed E-state index contributed by atoms with van der Waals surface area (Å²) in [5.41, 5.74) is 5.58. The van der Waals surface area contributed by atoms with Gasteiger partial charge in [-0.25, -0.2) is 27.5 Å². The Labute approximate surface area is 215 Å². The van der Waals surface area contributed by atoms with E-state index in [-0.39, 0.29) is 12.3 Å². The number of nitrogens with zero attached hydrogens (tertiary/aromatic N) is 4. The molecule has 6 aromatic rings. The first kappa shape index (κ1) is 23.7. The van der Waals surface area contributed by atoms with Crippen LogP contribution in [-0.2, 0) is 16.6 Å². The van der Waals surface area contributed by atoms with Gasteiger partial charge in [0, 0.05) is 35.5 Å². The van der Waals surface area contributed by atoms with Crippen molar-refractivity contribution in [2.45, 2.75) is 6.54 Å². The van der Waals surface area contributed by atoms with Gasteiger partial charge < -0.3 is 10.1 Å². The van der Waals surface area contributed by atoms with Gasteiger partial charge in [-0.1, -0.05) is 6.07 Å². The van der Waals surface area contributed by atoms with Crippen LogP contribution < -0.4 is 4.72 Å². The van der Waals surface area contributed by atoms with Crippen LogP contribution in [0.15, 0.2) is 67.1 Å². The molecule has 0 saturated heterocycles. The largest absolute Gasteiger partial charge is 0.506 e. The number of nitrogens with one attached hydrogen (secondary N) is 3. The number of aromatic nitrogens is 6. The first-order chi connectivity index (χ1) is 18.2. The summed E-state index contributed by atoms with van der Waals surface area (Å²) in [5, 5.41) is 18.1. The second-order valence-electron chi connectivity index (χ2n) is 8.85. The minimum Gasteiger partial charge on any atom is -0.506 e. The van der Waals surface area contributed by atoms with Crippen molar-refractivity contribution >= 4 is 32.1 Å². The van der Waals surface area contributed by atoms with Crippen molar-refractivity contribution in [2.24, 2.45) is 0 Å². The molecule has 0 aliphatic carbocycles. The molecular weight excluding hydrogens is 509 g/mol. The molecule has 0 atom stereocenters. The van der Waals surface area contributed by atoms with Gasteiger partial charge in [-0.2, -0.15) is 5.10 Å². The summed E-state index contributed by atoms with van der Waals surface area (Å²) in [7, 11) is -3.44. The number of benzene rings is 2. The maximum absolute atomic E-state index is 14.5. The van der Waals surface area contributed by atoms with Gasteiger partial charge in [0.2, 0.25) is 10.0 Å². The molecule has 190 valence electrons. The van der Waals surface area contributed by atoms with Crippen LogP contribution >= 0.6 is 0 Å². The van der Waals surface area contributed by atoms with E-state index in [0.717, 1.165) is 28.3 Å². The van der Waals surface area contributed by atoms with Crippen molar-refractivity contribution < 1.29 is 17.9 Å². The zero-order chi connectivity index (χ0) is 26.4. The van der Waals surface area contributed by atoms with Crippen molar-refractivity contribution in [2.75, 3.05) is 6.26 Å². The number of sulfonamides is 1. The summed E-state index contributed by atoms with van der Waals surface area (Å²) < 4.78 is 39.9. The molecular formula is C26H20FN7O3S. The molecule has 2 aromatic carbocycles. The van der Waals surface area contributed by atoms with E-state index >= 15 is 0 Å². The Hall–Kier alpha value is -4.68. The second kappa shape index (κ2) is 9.01. The van der Waals surface area contributed by atoms with Gasteiger partial charge >= 0.3 is 0 Å². The molecule has 0 spiro atoms. The number of rotatable bonds is 6. The molecule has 6 rings (SSSR count). The average Bonchev–Trinajstić information content (AvgIpc) is 3.50. The van der Waals surface area contributed by atoms with Gasteiger partial charge in [-0.05, 0) is 59.2 Å². The van der Waals surface area contributed by atoms with Gasteiger partial charge in [0.1, 0.15) is 22.8 Å². The molecule has 0 radical (unpaired) electrons. The van der Waals surface area contributed by atoms with Crippen LogP contribution in [0.5, 0.6) is 5.75 Å². The fraction of sp³-hybridized carbons (Fsp3) is 0.0769. The number of aromatic hydroxyl groups is 1. The van der Waals surface area contributed by atoms with Crippen LogP contribution in [0.4, 0.5) is 4.39 Å². The summed E-state index contributed by atoms with van der Waals surface area (Å²) >= 11 is 0. The summed E-state index contributed by atoms with van der Waals surface area (Å²) in [6.45, 7) is -0.0417. The van der Waals surface area contributed by atoms with Gasteiger partial charge in [-0.3, -0.25) is 10.1 Å². The highest BCUT2D eigenvalue weighted by Crippen LogP contribution is 2.33. The van der Waals surface area contributed by atoms with Gasteiger partial charge in [-0.15, -0.1) is 0 Å². The van der Waals surface area contributed by atoms with Crippen LogP contribution in [-0.4, -0.2) is 49.9 Å². The Bertz CT molecular complexity index is 1950. The zero-order valence-corrected chi connectivity index (χ0v) is 20.7. The van der Waals surface area contributed by atoms with Crippen molar-refractivity contribution in [3.8, 4) is 39.5 Å². The minimum absolute atomic E-state index is 0.0417. The summed E-state index contributed by atoms with van der Waals surface area (Å²) in [6.07, 6.45) is 5.67. The monoisotopic (exact) mass is 529 g/mol. The molecule has 4 heterocycles. The van der Waals surface area contributed by atoms with Crippen LogP contribution in [0.25, 0.3) is 55.8 Å². The Kier molecular flexibility index (Phi) is 5.62. The normalized spacial score (nSPS) is 11.9. The molecule has 10 nitrogen and oxygen atoms in total. The lowest BCUT2D eigenvalue weighted by Crippen LogP contribution is -2.21. The Morgan fingerprint density at radius 2 is 1.89 bits per heavy atom.